The molecule has 0 aromatic rings. The van der Waals surface area contributed by atoms with Gasteiger partial charge in [0, 0.05) is 23.1 Å². The molecule has 3 fully saturated rings. The first-order valence-corrected chi connectivity index (χ1v) is 7.23. The van der Waals surface area contributed by atoms with Crippen molar-refractivity contribution in [2.75, 3.05) is 5.75 Å². The van der Waals surface area contributed by atoms with Crippen molar-refractivity contribution < 1.29 is 0 Å². The molecule has 1 saturated heterocycles. The smallest absolute Gasteiger partial charge is 0.0245 e. The number of rotatable bonds is 0. The van der Waals surface area contributed by atoms with E-state index in [4.69, 9.17) is 0 Å². The molecule has 3 rings (SSSR count). The highest BCUT2D eigenvalue weighted by Gasteiger charge is 2.51. The molecule has 1 aliphatic heterocycles. The molecule has 14 heavy (non-hydrogen) atoms. The van der Waals surface area contributed by atoms with Crippen molar-refractivity contribution in [2.24, 2.45) is 5.41 Å². The van der Waals surface area contributed by atoms with Crippen molar-refractivity contribution in [3.8, 4) is 0 Å². The summed E-state index contributed by atoms with van der Waals surface area (Å²) in [6, 6.07) is 1.61. The third kappa shape index (κ3) is 1.34. The molecule has 1 N–H and O–H groups in total. The number of hydrogen-bond donors (Lipinski definition) is 1. The summed E-state index contributed by atoms with van der Waals surface area (Å²) < 4.78 is 0. The van der Waals surface area contributed by atoms with Gasteiger partial charge in [0.1, 0.15) is 0 Å². The molecule has 2 heteroatoms. The lowest BCUT2D eigenvalue weighted by Crippen LogP contribution is -2.52. The average molecular weight is 211 g/mol. The minimum atomic E-state index is 0.729. The van der Waals surface area contributed by atoms with E-state index in [1.807, 2.05) is 0 Å². The first-order chi connectivity index (χ1) is 6.80. The van der Waals surface area contributed by atoms with Crippen LogP contribution in [0.4, 0.5) is 0 Å². The Morgan fingerprint density at radius 3 is 2.79 bits per heavy atom. The van der Waals surface area contributed by atoms with Crippen LogP contribution in [0.1, 0.15) is 45.4 Å². The Bertz CT molecular complexity index is 222. The number of hydrogen-bond acceptors (Lipinski definition) is 2. The lowest BCUT2D eigenvalue weighted by atomic mass is 9.80. The lowest BCUT2D eigenvalue weighted by molar-refractivity contribution is 0.221. The van der Waals surface area contributed by atoms with Gasteiger partial charge >= 0.3 is 0 Å². The second-order valence-electron chi connectivity index (χ2n) is 5.53. The van der Waals surface area contributed by atoms with E-state index < -0.39 is 0 Å². The van der Waals surface area contributed by atoms with Gasteiger partial charge in [-0.2, -0.15) is 11.8 Å². The van der Waals surface area contributed by atoms with Gasteiger partial charge in [0.2, 0.25) is 0 Å². The highest BCUT2D eigenvalue weighted by Crippen LogP contribution is 2.54. The van der Waals surface area contributed by atoms with E-state index in [2.05, 4.69) is 24.0 Å². The van der Waals surface area contributed by atoms with Gasteiger partial charge in [-0.05, 0) is 38.0 Å². The van der Waals surface area contributed by atoms with Crippen LogP contribution in [-0.4, -0.2) is 23.1 Å². The largest absolute Gasteiger partial charge is 0.309 e. The van der Waals surface area contributed by atoms with E-state index in [1.165, 1.54) is 44.3 Å². The standard InChI is InChI=1S/C12H21NS/c1-9-8-14-10-4-7-12(11(10)13-9)5-2-3-6-12/h9-11,13H,2-8H2,1H3. The summed E-state index contributed by atoms with van der Waals surface area (Å²) >= 11 is 2.24. The number of thioether (sulfide) groups is 1. The maximum Gasteiger partial charge on any atom is 0.0245 e. The van der Waals surface area contributed by atoms with Gasteiger partial charge in [-0.1, -0.05) is 12.8 Å². The maximum atomic E-state index is 3.89. The van der Waals surface area contributed by atoms with Crippen LogP contribution in [0.25, 0.3) is 0 Å². The fourth-order valence-corrected chi connectivity index (χ4v) is 5.35. The van der Waals surface area contributed by atoms with E-state index in [0.29, 0.717) is 0 Å². The normalized spacial score (nSPS) is 45.6. The van der Waals surface area contributed by atoms with Gasteiger partial charge in [-0.3, -0.25) is 0 Å². The van der Waals surface area contributed by atoms with Crippen molar-refractivity contribution >= 4 is 11.8 Å². The van der Waals surface area contributed by atoms with Crippen LogP contribution in [0.2, 0.25) is 0 Å². The Morgan fingerprint density at radius 2 is 2.00 bits per heavy atom. The monoisotopic (exact) mass is 211 g/mol. The summed E-state index contributed by atoms with van der Waals surface area (Å²) in [5.74, 6) is 1.33. The molecule has 0 aromatic carbocycles. The van der Waals surface area contributed by atoms with Crippen LogP contribution in [-0.2, 0) is 0 Å². The molecule has 1 nitrogen and oxygen atoms in total. The van der Waals surface area contributed by atoms with Crippen molar-refractivity contribution in [2.45, 2.75) is 62.8 Å². The molecule has 0 radical (unpaired) electrons. The summed E-state index contributed by atoms with van der Waals surface area (Å²) in [5, 5.41) is 4.84. The SMILES string of the molecule is CC1CSC2CCC3(CCCC3)C2N1. The third-order valence-corrected chi connectivity index (χ3v) is 6.21. The maximum absolute atomic E-state index is 3.89. The molecule has 2 saturated carbocycles. The van der Waals surface area contributed by atoms with Gasteiger partial charge in [0.25, 0.3) is 0 Å². The number of nitrogens with one attached hydrogen (secondary N) is 1. The molecule has 0 aromatic heterocycles. The highest BCUT2D eigenvalue weighted by atomic mass is 32.2. The first-order valence-electron chi connectivity index (χ1n) is 6.18. The van der Waals surface area contributed by atoms with E-state index in [9.17, 15) is 0 Å². The summed E-state index contributed by atoms with van der Waals surface area (Å²) in [6.07, 6.45) is 8.99. The Hall–Kier alpha value is 0.310. The predicted octanol–water partition coefficient (Wildman–Crippen LogP) is 2.80. The molecule has 1 spiro atoms. The van der Waals surface area contributed by atoms with Crippen molar-refractivity contribution in [1.29, 1.82) is 0 Å². The molecule has 3 atom stereocenters. The molecule has 0 bridgehead atoms. The minimum Gasteiger partial charge on any atom is -0.309 e. The second-order valence-corrected chi connectivity index (χ2v) is 6.80. The average Bonchev–Trinajstić information content (AvgIpc) is 2.77. The van der Waals surface area contributed by atoms with Crippen LogP contribution in [0, 0.1) is 5.41 Å². The van der Waals surface area contributed by atoms with E-state index in [0.717, 1.165) is 22.7 Å². The van der Waals surface area contributed by atoms with Gasteiger partial charge in [0.15, 0.2) is 0 Å². The third-order valence-electron chi connectivity index (χ3n) is 4.58. The zero-order chi connectivity index (χ0) is 9.60. The Labute approximate surface area is 91.4 Å². The summed E-state index contributed by atoms with van der Waals surface area (Å²) in [6.45, 7) is 2.35. The van der Waals surface area contributed by atoms with Crippen molar-refractivity contribution in [1.82, 2.24) is 5.32 Å². The Balaban J connectivity index is 1.81. The summed E-state index contributed by atoms with van der Waals surface area (Å²) in [7, 11) is 0. The topological polar surface area (TPSA) is 12.0 Å². The summed E-state index contributed by atoms with van der Waals surface area (Å²) in [5.41, 5.74) is 0.729. The van der Waals surface area contributed by atoms with Crippen LogP contribution >= 0.6 is 11.8 Å². The van der Waals surface area contributed by atoms with Gasteiger partial charge < -0.3 is 5.32 Å². The zero-order valence-corrected chi connectivity index (χ0v) is 9.91. The molecule has 80 valence electrons. The van der Waals surface area contributed by atoms with Gasteiger partial charge in [-0.25, -0.2) is 0 Å². The van der Waals surface area contributed by atoms with Crippen molar-refractivity contribution in [3.63, 3.8) is 0 Å². The van der Waals surface area contributed by atoms with Crippen LogP contribution < -0.4 is 5.32 Å². The molecular formula is C12H21NS. The zero-order valence-electron chi connectivity index (χ0n) is 9.09. The lowest BCUT2D eigenvalue weighted by Gasteiger charge is -2.40. The quantitative estimate of drug-likeness (QED) is 0.661. The van der Waals surface area contributed by atoms with E-state index in [-0.39, 0.29) is 0 Å². The van der Waals surface area contributed by atoms with Gasteiger partial charge in [-0.15, -0.1) is 0 Å². The second kappa shape index (κ2) is 3.41. The predicted molar refractivity (Wildman–Crippen MR) is 62.8 cm³/mol. The van der Waals surface area contributed by atoms with Crippen LogP contribution in [0.3, 0.4) is 0 Å². The Morgan fingerprint density at radius 1 is 1.21 bits per heavy atom. The molecule has 3 unspecified atom stereocenters. The molecule has 0 amide bonds. The summed E-state index contributed by atoms with van der Waals surface area (Å²) in [4.78, 5) is 0. The Kier molecular flexibility index (Phi) is 2.32. The van der Waals surface area contributed by atoms with Crippen molar-refractivity contribution in [3.05, 3.63) is 0 Å². The molecule has 2 aliphatic carbocycles. The first kappa shape index (κ1) is 9.53. The number of fused-ring (bicyclic) bond motifs is 2. The molecule has 3 aliphatic rings. The fourth-order valence-electron chi connectivity index (χ4n) is 3.87. The molecule has 1 heterocycles. The van der Waals surface area contributed by atoms with Crippen LogP contribution in [0.15, 0.2) is 0 Å². The minimum absolute atomic E-state index is 0.729. The van der Waals surface area contributed by atoms with Gasteiger partial charge in [0.05, 0.1) is 0 Å². The highest BCUT2D eigenvalue weighted by molar-refractivity contribution is 8.00. The van der Waals surface area contributed by atoms with E-state index in [1.54, 1.807) is 0 Å². The molecular weight excluding hydrogens is 190 g/mol. The van der Waals surface area contributed by atoms with Crippen LogP contribution in [0.5, 0.6) is 0 Å². The fraction of sp³-hybridized carbons (Fsp3) is 1.00. The van der Waals surface area contributed by atoms with E-state index >= 15 is 0 Å².